The maximum Gasteiger partial charge on any atom is 0.248 e. The van der Waals surface area contributed by atoms with E-state index in [-0.39, 0.29) is 12.6 Å². The van der Waals surface area contributed by atoms with Crippen LogP contribution in [0.5, 0.6) is 5.75 Å². The highest BCUT2D eigenvalue weighted by molar-refractivity contribution is 5.90. The Hall–Kier alpha value is -4.99. The molecule has 1 aliphatic rings. The lowest BCUT2D eigenvalue weighted by Crippen LogP contribution is -2.42. The summed E-state index contributed by atoms with van der Waals surface area (Å²) in [5.41, 5.74) is 6.61. The van der Waals surface area contributed by atoms with Crippen LogP contribution in [-0.4, -0.2) is 56.7 Å². The number of amides is 1. The van der Waals surface area contributed by atoms with Crippen LogP contribution in [0.3, 0.4) is 0 Å². The summed E-state index contributed by atoms with van der Waals surface area (Å²) in [6, 6.07) is 12.3. The van der Waals surface area contributed by atoms with Crippen molar-refractivity contribution in [1.82, 2.24) is 24.4 Å². The van der Waals surface area contributed by atoms with E-state index in [4.69, 9.17) is 9.72 Å². The zero-order valence-electron chi connectivity index (χ0n) is 23.7. The third kappa shape index (κ3) is 5.96. The van der Waals surface area contributed by atoms with Crippen LogP contribution in [0.1, 0.15) is 23.6 Å². The van der Waals surface area contributed by atoms with Gasteiger partial charge in [-0.1, -0.05) is 19.2 Å². The first-order valence-electron chi connectivity index (χ1n) is 13.5. The normalized spacial score (nSPS) is 13.7. The second-order valence-electron chi connectivity index (χ2n) is 9.82. The summed E-state index contributed by atoms with van der Waals surface area (Å²) in [6.07, 6.45) is 7.18. The van der Waals surface area contributed by atoms with Crippen molar-refractivity contribution in [3.63, 3.8) is 0 Å². The number of rotatable bonds is 7. The molecule has 0 radical (unpaired) electrons. The molecular weight excluding hydrogens is 516 g/mol. The Labute approximate surface area is 239 Å². The molecule has 5 rings (SSSR count). The fraction of sp³-hybridized carbons (Fsp3) is 0.258. The fourth-order valence-corrected chi connectivity index (χ4v) is 4.81. The number of aromatic nitrogens is 4. The lowest BCUT2D eigenvalue weighted by atomic mass is 10.0. The number of nitrogens with zero attached hydrogens (tertiary/aromatic N) is 7. The second-order valence-corrected chi connectivity index (χ2v) is 9.82. The fourth-order valence-electron chi connectivity index (χ4n) is 4.81. The predicted octanol–water partition coefficient (Wildman–Crippen LogP) is 4.24. The van der Waals surface area contributed by atoms with Crippen LogP contribution in [0.25, 0.3) is 11.0 Å². The van der Waals surface area contributed by atoms with Crippen LogP contribution in [0.2, 0.25) is 0 Å². The van der Waals surface area contributed by atoms with E-state index < -0.39 is 0 Å². The highest BCUT2D eigenvalue weighted by Gasteiger charge is 2.23. The van der Waals surface area contributed by atoms with Crippen molar-refractivity contribution in [3.8, 4) is 5.75 Å². The van der Waals surface area contributed by atoms with E-state index in [9.17, 15) is 4.79 Å². The molecule has 1 aromatic carbocycles. The summed E-state index contributed by atoms with van der Waals surface area (Å²) in [6.45, 7) is 13.4. The van der Waals surface area contributed by atoms with E-state index in [1.165, 1.54) is 23.5 Å². The van der Waals surface area contributed by atoms with E-state index in [0.717, 1.165) is 23.2 Å². The highest BCUT2D eigenvalue weighted by atomic mass is 16.5. The number of anilines is 3. The molecule has 0 saturated carbocycles. The number of fused-ring (bicyclic) bond motifs is 2. The largest absolute Gasteiger partial charge is 0.469 e. The van der Waals surface area contributed by atoms with E-state index in [1.54, 1.807) is 11.1 Å². The molecule has 41 heavy (non-hydrogen) atoms. The average Bonchev–Trinajstić information content (AvgIpc) is 2.96. The van der Waals surface area contributed by atoms with Crippen LogP contribution in [0.4, 0.5) is 17.3 Å². The number of ether oxygens (including phenoxy) is 1. The predicted molar refractivity (Wildman–Crippen MR) is 161 cm³/mol. The van der Waals surface area contributed by atoms with Gasteiger partial charge < -0.3 is 24.4 Å². The zero-order valence-corrected chi connectivity index (χ0v) is 23.7. The summed E-state index contributed by atoms with van der Waals surface area (Å²) in [5, 5.41) is 3.44. The van der Waals surface area contributed by atoms with Crippen molar-refractivity contribution in [3.05, 3.63) is 96.5 Å². The molecule has 3 aromatic heterocycles. The van der Waals surface area contributed by atoms with E-state index in [2.05, 4.69) is 75.6 Å². The van der Waals surface area contributed by atoms with Gasteiger partial charge in [0.1, 0.15) is 17.3 Å². The standard InChI is InChI=1S/C31H34N8O2/c1-6-28(40)39-14-13-38(8-3)31-26(41-20-39)18-25-29(36-31)30(34-19-33-25)35-24-10-9-23(21(4)15-24)16-22-11-12-37(5)27(17-22)32-7-2/h6-7,9-12,15,17-19H,1-2,8,13-14,16,20H2,3-5H3,(H,33,34,35)/b32-27-. The number of carbonyl (C=O) groups excluding carboxylic acids is 1. The molecule has 0 spiro atoms. The molecule has 0 unspecified atom stereocenters. The van der Waals surface area contributed by atoms with Crippen molar-refractivity contribution in [2.45, 2.75) is 20.3 Å². The van der Waals surface area contributed by atoms with Gasteiger partial charge in [0.2, 0.25) is 5.91 Å². The minimum Gasteiger partial charge on any atom is -0.469 e. The van der Waals surface area contributed by atoms with Crippen molar-refractivity contribution in [2.24, 2.45) is 12.0 Å². The van der Waals surface area contributed by atoms with Gasteiger partial charge in [-0.25, -0.2) is 19.9 Å². The summed E-state index contributed by atoms with van der Waals surface area (Å²) in [4.78, 5) is 34.2. The first-order valence-corrected chi connectivity index (χ1v) is 13.5. The lowest BCUT2D eigenvalue weighted by molar-refractivity contribution is -0.128. The summed E-state index contributed by atoms with van der Waals surface area (Å²) < 4.78 is 8.00. The number of likely N-dealkylation sites (N-methyl/N-ethyl adjacent to an activating group) is 1. The molecule has 4 aromatic rings. The number of carbonyl (C=O) groups is 1. The quantitative estimate of drug-likeness (QED) is 0.344. The van der Waals surface area contributed by atoms with Crippen molar-refractivity contribution >= 4 is 34.3 Å². The summed E-state index contributed by atoms with van der Waals surface area (Å²) in [7, 11) is 1.97. The molecular formula is C31H34N8O2. The molecule has 210 valence electrons. The number of hydrogen-bond donors (Lipinski definition) is 1. The SMILES string of the molecule is C=C/N=c1/cc(Cc2ccc(Nc3ncnc4cc5c(nc34)N(CC)CCN(C(=O)C=C)CO5)cc2C)ccn1C. The molecule has 1 N–H and O–H groups in total. The van der Waals surface area contributed by atoms with E-state index >= 15 is 0 Å². The Morgan fingerprint density at radius 2 is 2.02 bits per heavy atom. The summed E-state index contributed by atoms with van der Waals surface area (Å²) >= 11 is 0. The Morgan fingerprint density at radius 1 is 1.17 bits per heavy atom. The van der Waals surface area contributed by atoms with Gasteiger partial charge in [0, 0.05) is 50.8 Å². The first kappa shape index (κ1) is 27.6. The third-order valence-electron chi connectivity index (χ3n) is 7.15. The Bertz CT molecular complexity index is 1690. The first-order chi connectivity index (χ1) is 19.9. The van der Waals surface area contributed by atoms with Crippen molar-refractivity contribution in [1.29, 1.82) is 0 Å². The number of aryl methyl sites for hydroxylation is 2. The van der Waals surface area contributed by atoms with Crippen LogP contribution in [0, 0.1) is 6.92 Å². The molecule has 0 aliphatic carbocycles. The lowest BCUT2D eigenvalue weighted by Gasteiger charge is -2.32. The number of benzene rings is 1. The molecule has 4 heterocycles. The maximum absolute atomic E-state index is 12.2. The van der Waals surface area contributed by atoms with Gasteiger partial charge in [-0.05, 0) is 67.3 Å². The second kappa shape index (κ2) is 12.0. The van der Waals surface area contributed by atoms with Gasteiger partial charge in [0.25, 0.3) is 0 Å². The Morgan fingerprint density at radius 3 is 2.78 bits per heavy atom. The zero-order chi connectivity index (χ0) is 28.9. The van der Waals surface area contributed by atoms with Crippen molar-refractivity contribution in [2.75, 3.05) is 36.6 Å². The molecule has 0 fully saturated rings. The van der Waals surface area contributed by atoms with Gasteiger partial charge in [0.05, 0.1) is 5.52 Å². The minimum absolute atomic E-state index is 0.121. The minimum atomic E-state index is -0.167. The Kier molecular flexibility index (Phi) is 8.09. The van der Waals surface area contributed by atoms with Gasteiger partial charge in [-0.2, -0.15) is 0 Å². The maximum atomic E-state index is 12.2. The molecule has 1 amide bonds. The monoisotopic (exact) mass is 550 g/mol. The van der Waals surface area contributed by atoms with Gasteiger partial charge in [0.15, 0.2) is 24.1 Å². The smallest absolute Gasteiger partial charge is 0.248 e. The number of pyridine rings is 2. The third-order valence-corrected chi connectivity index (χ3v) is 7.15. The highest BCUT2D eigenvalue weighted by Crippen LogP contribution is 2.33. The van der Waals surface area contributed by atoms with Gasteiger partial charge >= 0.3 is 0 Å². The van der Waals surface area contributed by atoms with Crippen molar-refractivity contribution < 1.29 is 9.53 Å². The number of hydrogen-bond acceptors (Lipinski definition) is 8. The Balaban J connectivity index is 1.42. The van der Waals surface area contributed by atoms with Crippen LogP contribution in [-0.2, 0) is 18.3 Å². The molecule has 10 nitrogen and oxygen atoms in total. The van der Waals surface area contributed by atoms with Gasteiger partial charge in [-0.3, -0.25) is 4.79 Å². The van der Waals surface area contributed by atoms with E-state index in [1.807, 2.05) is 30.8 Å². The van der Waals surface area contributed by atoms with Crippen LogP contribution in [0.15, 0.2) is 79.3 Å². The molecule has 0 atom stereocenters. The van der Waals surface area contributed by atoms with E-state index in [0.29, 0.717) is 48.1 Å². The van der Waals surface area contributed by atoms with Crippen LogP contribution >= 0.6 is 0 Å². The molecule has 0 saturated heterocycles. The average molecular weight is 551 g/mol. The molecule has 10 heteroatoms. The van der Waals surface area contributed by atoms with Crippen LogP contribution < -0.4 is 20.4 Å². The number of nitrogens with one attached hydrogen (secondary N) is 1. The molecule has 0 bridgehead atoms. The molecule has 1 aliphatic heterocycles. The topological polar surface area (TPSA) is 101 Å². The van der Waals surface area contributed by atoms with Gasteiger partial charge in [-0.15, -0.1) is 0 Å². The summed E-state index contributed by atoms with van der Waals surface area (Å²) in [5.74, 6) is 1.72.